The first kappa shape index (κ1) is 29.4. The molecule has 0 saturated carbocycles. The van der Waals surface area contributed by atoms with Crippen molar-refractivity contribution in [3.05, 3.63) is 72.3 Å². The number of rotatable bonds is 10. The second kappa shape index (κ2) is 12.3. The van der Waals surface area contributed by atoms with Gasteiger partial charge in [-0.2, -0.15) is 4.31 Å². The molecule has 1 fully saturated rings. The van der Waals surface area contributed by atoms with Crippen molar-refractivity contribution in [2.75, 3.05) is 43.5 Å². The molecular formula is C28H33N3O7S2. The van der Waals surface area contributed by atoms with E-state index in [2.05, 4.69) is 5.32 Å². The number of anilines is 2. The minimum Gasteiger partial charge on any atom is -0.495 e. The Bertz CT molecular complexity index is 1570. The van der Waals surface area contributed by atoms with Crippen LogP contribution in [0.2, 0.25) is 0 Å². The summed E-state index contributed by atoms with van der Waals surface area (Å²) in [4.78, 5) is 13.4. The van der Waals surface area contributed by atoms with Crippen LogP contribution < -0.4 is 19.1 Å². The smallest absolute Gasteiger partial charge is 0.264 e. The van der Waals surface area contributed by atoms with Gasteiger partial charge in [-0.3, -0.25) is 9.10 Å². The molecular weight excluding hydrogens is 554 g/mol. The molecule has 0 atom stereocenters. The molecule has 1 saturated heterocycles. The number of nitrogens with one attached hydrogen (secondary N) is 1. The van der Waals surface area contributed by atoms with Gasteiger partial charge in [-0.25, -0.2) is 16.8 Å². The summed E-state index contributed by atoms with van der Waals surface area (Å²) < 4.78 is 67.2. The van der Waals surface area contributed by atoms with Crippen molar-refractivity contribution in [2.45, 2.75) is 36.0 Å². The number of carbonyl (C=O) groups is 1. The predicted molar refractivity (Wildman–Crippen MR) is 153 cm³/mol. The molecule has 3 aromatic carbocycles. The Morgan fingerprint density at radius 1 is 0.850 bits per heavy atom. The Balaban J connectivity index is 1.68. The van der Waals surface area contributed by atoms with Gasteiger partial charge in [-0.1, -0.05) is 36.2 Å². The highest BCUT2D eigenvalue weighted by Gasteiger charge is 2.31. The third-order valence-corrected chi connectivity index (χ3v) is 10.3. The Morgan fingerprint density at radius 3 is 2.12 bits per heavy atom. The van der Waals surface area contributed by atoms with Crippen molar-refractivity contribution in [1.82, 2.24) is 4.31 Å². The lowest BCUT2D eigenvalue weighted by Gasteiger charge is -2.27. The number of nitrogens with zero attached hydrogens (tertiary/aromatic N) is 2. The number of hydrogen-bond acceptors (Lipinski definition) is 7. The molecule has 0 aliphatic carbocycles. The maximum atomic E-state index is 13.8. The fourth-order valence-corrected chi connectivity index (χ4v) is 7.47. The van der Waals surface area contributed by atoms with Crippen molar-refractivity contribution in [3.8, 4) is 11.5 Å². The number of benzene rings is 3. The van der Waals surface area contributed by atoms with Gasteiger partial charge in [0, 0.05) is 13.1 Å². The van der Waals surface area contributed by atoms with Crippen LogP contribution in [-0.2, 0) is 24.8 Å². The lowest BCUT2D eigenvalue weighted by molar-refractivity contribution is -0.114. The molecule has 12 heteroatoms. The summed E-state index contributed by atoms with van der Waals surface area (Å²) in [6.07, 6.45) is 2.55. The molecule has 10 nitrogen and oxygen atoms in total. The molecule has 3 aromatic rings. The van der Waals surface area contributed by atoms with E-state index in [1.54, 1.807) is 36.4 Å². The lowest BCUT2D eigenvalue weighted by Crippen LogP contribution is -2.38. The van der Waals surface area contributed by atoms with Gasteiger partial charge in [0.05, 0.1) is 35.4 Å². The molecule has 0 radical (unpaired) electrons. The molecule has 40 heavy (non-hydrogen) atoms. The van der Waals surface area contributed by atoms with Gasteiger partial charge >= 0.3 is 0 Å². The van der Waals surface area contributed by atoms with Gasteiger partial charge in [-0.15, -0.1) is 0 Å². The van der Waals surface area contributed by atoms with Gasteiger partial charge in [-0.05, 0) is 62.2 Å². The summed E-state index contributed by atoms with van der Waals surface area (Å²) in [6.45, 7) is 2.10. The Morgan fingerprint density at radius 2 is 1.48 bits per heavy atom. The van der Waals surface area contributed by atoms with Crippen LogP contribution in [0.15, 0.2) is 76.5 Å². The van der Waals surface area contributed by atoms with Crippen molar-refractivity contribution in [1.29, 1.82) is 0 Å². The Hall–Kier alpha value is -3.61. The Kier molecular flexibility index (Phi) is 9.02. The number of hydrogen-bond donors (Lipinski definition) is 1. The standard InChI is InChI=1S/C28H33N3O7S2/c1-21-11-13-22(14-12-21)40(35,36)31(25-9-5-6-10-27(25)38-3)20-28(32)29-24-19-23(15-16-26(24)37-2)39(33,34)30-17-7-4-8-18-30/h5-6,9-16,19H,4,7-8,17-18,20H2,1-3H3,(H,29,32). The van der Waals surface area contributed by atoms with Crippen LogP contribution in [0, 0.1) is 6.92 Å². The summed E-state index contributed by atoms with van der Waals surface area (Å²) in [6, 6.07) is 17.0. The summed E-state index contributed by atoms with van der Waals surface area (Å²) in [7, 11) is -5.17. The predicted octanol–water partition coefficient (Wildman–Crippen LogP) is 4.02. The van der Waals surface area contributed by atoms with Crippen molar-refractivity contribution < 1.29 is 31.1 Å². The second-order valence-corrected chi connectivity index (χ2v) is 13.2. The fourth-order valence-electron chi connectivity index (χ4n) is 4.49. The highest BCUT2D eigenvalue weighted by molar-refractivity contribution is 7.93. The molecule has 4 rings (SSSR count). The highest BCUT2D eigenvalue weighted by Crippen LogP contribution is 2.33. The van der Waals surface area contributed by atoms with Crippen LogP contribution in [0.3, 0.4) is 0 Å². The van der Waals surface area contributed by atoms with Gasteiger partial charge in [0.15, 0.2) is 0 Å². The zero-order valence-corrected chi connectivity index (χ0v) is 24.3. The van der Waals surface area contributed by atoms with Crippen LogP contribution in [0.1, 0.15) is 24.8 Å². The van der Waals surface area contributed by atoms with E-state index in [0.29, 0.717) is 13.1 Å². The van der Waals surface area contributed by atoms with Crippen molar-refractivity contribution in [2.24, 2.45) is 0 Å². The number of amides is 1. The summed E-state index contributed by atoms with van der Waals surface area (Å²) >= 11 is 0. The topological polar surface area (TPSA) is 122 Å². The van der Waals surface area contributed by atoms with E-state index in [-0.39, 0.29) is 32.7 Å². The fraction of sp³-hybridized carbons (Fsp3) is 0.321. The van der Waals surface area contributed by atoms with Crippen LogP contribution in [0.4, 0.5) is 11.4 Å². The monoisotopic (exact) mass is 587 g/mol. The minimum atomic E-state index is -4.19. The molecule has 0 unspecified atom stereocenters. The minimum absolute atomic E-state index is 0.00371. The summed E-state index contributed by atoms with van der Waals surface area (Å²) in [5, 5.41) is 2.65. The molecule has 1 aliphatic rings. The van der Waals surface area contributed by atoms with E-state index in [1.807, 2.05) is 6.92 Å². The van der Waals surface area contributed by atoms with Crippen LogP contribution in [0.25, 0.3) is 0 Å². The molecule has 0 spiro atoms. The third-order valence-electron chi connectivity index (χ3n) is 6.65. The van der Waals surface area contributed by atoms with Gasteiger partial charge < -0.3 is 14.8 Å². The second-order valence-electron chi connectivity index (χ2n) is 9.37. The number of para-hydroxylation sites is 2. The number of ether oxygens (including phenoxy) is 2. The van der Waals surface area contributed by atoms with Gasteiger partial charge in [0.2, 0.25) is 15.9 Å². The van der Waals surface area contributed by atoms with Crippen molar-refractivity contribution in [3.63, 3.8) is 0 Å². The number of methoxy groups -OCH3 is 2. The SMILES string of the molecule is COc1ccc(S(=O)(=O)N2CCCCC2)cc1NC(=O)CN(c1ccccc1OC)S(=O)(=O)c1ccc(C)cc1. The van der Waals surface area contributed by atoms with Crippen molar-refractivity contribution >= 4 is 37.3 Å². The van der Waals surface area contributed by atoms with E-state index >= 15 is 0 Å². The first-order chi connectivity index (χ1) is 19.1. The summed E-state index contributed by atoms with van der Waals surface area (Å²) in [5.41, 5.74) is 1.17. The highest BCUT2D eigenvalue weighted by atomic mass is 32.2. The first-order valence-electron chi connectivity index (χ1n) is 12.8. The van der Waals surface area contributed by atoms with Crippen LogP contribution in [-0.4, -0.2) is 60.9 Å². The number of piperidine rings is 1. The third kappa shape index (κ3) is 6.24. The quantitative estimate of drug-likeness (QED) is 0.380. The first-order valence-corrected chi connectivity index (χ1v) is 15.7. The van der Waals surface area contributed by atoms with E-state index in [0.717, 1.165) is 29.1 Å². The zero-order chi connectivity index (χ0) is 28.9. The van der Waals surface area contributed by atoms with E-state index in [1.165, 1.54) is 48.9 Å². The average Bonchev–Trinajstić information content (AvgIpc) is 2.96. The normalized spacial score (nSPS) is 14.4. The van der Waals surface area contributed by atoms with E-state index < -0.39 is 32.5 Å². The Labute approximate surface area is 235 Å². The number of aryl methyl sites for hydroxylation is 1. The number of carbonyl (C=O) groups excluding carboxylic acids is 1. The molecule has 1 amide bonds. The van der Waals surface area contributed by atoms with Crippen LogP contribution in [0.5, 0.6) is 11.5 Å². The van der Waals surface area contributed by atoms with Crippen LogP contribution >= 0.6 is 0 Å². The van der Waals surface area contributed by atoms with E-state index in [4.69, 9.17) is 9.47 Å². The maximum Gasteiger partial charge on any atom is 0.264 e. The maximum absolute atomic E-state index is 13.8. The van der Waals surface area contributed by atoms with Gasteiger partial charge in [0.25, 0.3) is 10.0 Å². The molecule has 214 valence electrons. The lowest BCUT2D eigenvalue weighted by atomic mass is 10.2. The molecule has 1 aliphatic heterocycles. The zero-order valence-electron chi connectivity index (χ0n) is 22.7. The van der Waals surface area contributed by atoms with Gasteiger partial charge in [0.1, 0.15) is 18.0 Å². The molecule has 1 heterocycles. The number of sulfonamides is 2. The summed E-state index contributed by atoms with van der Waals surface area (Å²) in [5.74, 6) is -0.207. The van der Waals surface area contributed by atoms with E-state index in [9.17, 15) is 21.6 Å². The largest absolute Gasteiger partial charge is 0.495 e. The average molecular weight is 588 g/mol. The molecule has 0 bridgehead atoms. The molecule has 1 N–H and O–H groups in total. The molecule has 0 aromatic heterocycles.